The Balaban J connectivity index is 1.54. The number of hydrogen-bond acceptors (Lipinski definition) is 2. The number of H-pyrrole nitrogens is 1. The van der Waals surface area contributed by atoms with Gasteiger partial charge in [-0.05, 0) is 56.3 Å². The Labute approximate surface area is 172 Å². The SMILES string of the molecule is CN=C(NCCc1c[nH]c2c(C)cccc12)NCc1ccc(F)c(CN(C)C)c1. The van der Waals surface area contributed by atoms with Crippen LogP contribution >= 0.6 is 0 Å². The first-order valence-corrected chi connectivity index (χ1v) is 9.90. The van der Waals surface area contributed by atoms with Crippen LogP contribution < -0.4 is 10.6 Å². The summed E-state index contributed by atoms with van der Waals surface area (Å²) in [6.45, 7) is 4.06. The van der Waals surface area contributed by atoms with Crippen LogP contribution in [0.3, 0.4) is 0 Å². The molecular formula is C23H30FN5. The van der Waals surface area contributed by atoms with Crippen molar-refractivity contribution in [2.75, 3.05) is 27.7 Å². The molecule has 5 nitrogen and oxygen atoms in total. The molecule has 29 heavy (non-hydrogen) atoms. The lowest BCUT2D eigenvalue weighted by Gasteiger charge is -2.14. The predicted octanol–water partition coefficient (Wildman–Crippen LogP) is 3.58. The van der Waals surface area contributed by atoms with Gasteiger partial charge in [-0.25, -0.2) is 4.39 Å². The topological polar surface area (TPSA) is 55.5 Å². The van der Waals surface area contributed by atoms with Gasteiger partial charge < -0.3 is 20.5 Å². The normalized spacial score (nSPS) is 12.0. The van der Waals surface area contributed by atoms with Crippen LogP contribution in [0.5, 0.6) is 0 Å². The van der Waals surface area contributed by atoms with Crippen molar-refractivity contribution < 1.29 is 4.39 Å². The fourth-order valence-electron chi connectivity index (χ4n) is 3.49. The van der Waals surface area contributed by atoms with Crippen molar-refractivity contribution in [2.24, 2.45) is 4.99 Å². The summed E-state index contributed by atoms with van der Waals surface area (Å²) in [6.07, 6.45) is 2.98. The summed E-state index contributed by atoms with van der Waals surface area (Å²) in [4.78, 5) is 9.62. The summed E-state index contributed by atoms with van der Waals surface area (Å²) >= 11 is 0. The minimum Gasteiger partial charge on any atom is -0.361 e. The molecule has 0 fully saturated rings. The van der Waals surface area contributed by atoms with E-state index in [1.807, 2.05) is 31.1 Å². The number of aryl methyl sites for hydroxylation is 1. The number of fused-ring (bicyclic) bond motifs is 1. The molecule has 0 aliphatic rings. The van der Waals surface area contributed by atoms with Gasteiger partial charge in [0.05, 0.1) is 0 Å². The lowest BCUT2D eigenvalue weighted by atomic mass is 10.1. The van der Waals surface area contributed by atoms with Crippen molar-refractivity contribution in [3.63, 3.8) is 0 Å². The van der Waals surface area contributed by atoms with Crippen molar-refractivity contribution >= 4 is 16.9 Å². The van der Waals surface area contributed by atoms with Gasteiger partial charge in [0.2, 0.25) is 0 Å². The molecule has 0 aliphatic heterocycles. The summed E-state index contributed by atoms with van der Waals surface area (Å²) in [6, 6.07) is 11.6. The van der Waals surface area contributed by atoms with Gasteiger partial charge in [-0.2, -0.15) is 0 Å². The smallest absolute Gasteiger partial charge is 0.191 e. The average molecular weight is 396 g/mol. The van der Waals surface area contributed by atoms with E-state index in [2.05, 4.69) is 51.9 Å². The fourth-order valence-corrected chi connectivity index (χ4v) is 3.49. The van der Waals surface area contributed by atoms with Crippen LogP contribution in [0.2, 0.25) is 0 Å². The Morgan fingerprint density at radius 2 is 1.97 bits per heavy atom. The van der Waals surface area contributed by atoms with E-state index in [1.165, 1.54) is 28.1 Å². The first-order valence-electron chi connectivity index (χ1n) is 9.90. The zero-order chi connectivity index (χ0) is 20.8. The van der Waals surface area contributed by atoms with Crippen molar-refractivity contribution in [3.05, 3.63) is 70.7 Å². The van der Waals surface area contributed by atoms with Crippen LogP contribution in [0.1, 0.15) is 22.3 Å². The fraction of sp³-hybridized carbons (Fsp3) is 0.348. The second kappa shape index (κ2) is 9.56. The Hall–Kier alpha value is -2.86. The molecule has 0 saturated carbocycles. The van der Waals surface area contributed by atoms with Gasteiger partial charge in [-0.3, -0.25) is 4.99 Å². The molecule has 3 N–H and O–H groups in total. The molecule has 0 unspecified atom stereocenters. The van der Waals surface area contributed by atoms with Gasteiger partial charge in [-0.15, -0.1) is 0 Å². The molecule has 0 aliphatic carbocycles. The Morgan fingerprint density at radius 3 is 2.72 bits per heavy atom. The lowest BCUT2D eigenvalue weighted by Crippen LogP contribution is -2.37. The third-order valence-electron chi connectivity index (χ3n) is 4.98. The van der Waals surface area contributed by atoms with Crippen LogP contribution in [-0.2, 0) is 19.5 Å². The molecule has 0 saturated heterocycles. The van der Waals surface area contributed by atoms with Gasteiger partial charge in [0.25, 0.3) is 0 Å². The molecule has 0 atom stereocenters. The van der Waals surface area contributed by atoms with Crippen molar-refractivity contribution in [2.45, 2.75) is 26.4 Å². The second-order valence-corrected chi connectivity index (χ2v) is 7.58. The molecule has 6 heteroatoms. The highest BCUT2D eigenvalue weighted by Gasteiger charge is 2.07. The van der Waals surface area contributed by atoms with E-state index in [0.29, 0.717) is 18.7 Å². The lowest BCUT2D eigenvalue weighted by molar-refractivity contribution is 0.392. The first kappa shape index (κ1) is 20.9. The van der Waals surface area contributed by atoms with Crippen LogP contribution in [-0.4, -0.2) is 43.5 Å². The molecule has 0 spiro atoms. The summed E-state index contributed by atoms with van der Waals surface area (Å²) in [7, 11) is 5.63. The van der Waals surface area contributed by atoms with E-state index < -0.39 is 0 Å². The third-order valence-corrected chi connectivity index (χ3v) is 4.98. The van der Waals surface area contributed by atoms with Crippen molar-refractivity contribution in [3.8, 4) is 0 Å². The number of guanidine groups is 1. The van der Waals surface area contributed by atoms with Crippen molar-refractivity contribution in [1.29, 1.82) is 0 Å². The molecule has 3 aromatic rings. The van der Waals surface area contributed by atoms with Crippen LogP contribution in [0, 0.1) is 12.7 Å². The summed E-state index contributed by atoms with van der Waals surface area (Å²) in [5.41, 5.74) is 5.48. The van der Waals surface area contributed by atoms with E-state index in [9.17, 15) is 4.39 Å². The highest BCUT2D eigenvalue weighted by atomic mass is 19.1. The molecule has 2 aromatic carbocycles. The molecule has 1 heterocycles. The van der Waals surface area contributed by atoms with Crippen LogP contribution in [0.25, 0.3) is 10.9 Å². The highest BCUT2D eigenvalue weighted by molar-refractivity contribution is 5.86. The standard InChI is InChI=1S/C23H30FN5/c1-16-6-5-7-20-18(14-27-22(16)20)10-11-26-23(25-2)28-13-17-8-9-21(24)19(12-17)15-29(3)4/h5-9,12,14,27H,10-11,13,15H2,1-4H3,(H2,25,26,28). The van der Waals surface area contributed by atoms with Gasteiger partial charge >= 0.3 is 0 Å². The summed E-state index contributed by atoms with van der Waals surface area (Å²) < 4.78 is 13.9. The summed E-state index contributed by atoms with van der Waals surface area (Å²) in [5.74, 6) is 0.568. The first-order chi connectivity index (χ1) is 14.0. The number of para-hydroxylation sites is 1. The number of halogens is 1. The largest absolute Gasteiger partial charge is 0.361 e. The van der Waals surface area contributed by atoms with Gasteiger partial charge in [0.15, 0.2) is 5.96 Å². The zero-order valence-corrected chi connectivity index (χ0v) is 17.6. The molecule has 154 valence electrons. The number of nitrogens with zero attached hydrogens (tertiary/aromatic N) is 2. The maximum absolute atomic E-state index is 13.9. The van der Waals surface area contributed by atoms with Gasteiger partial charge in [0.1, 0.15) is 5.82 Å². The van der Waals surface area contributed by atoms with E-state index in [0.717, 1.165) is 24.5 Å². The zero-order valence-electron chi connectivity index (χ0n) is 17.6. The molecule has 1 aromatic heterocycles. The number of nitrogens with one attached hydrogen (secondary N) is 3. The Morgan fingerprint density at radius 1 is 1.14 bits per heavy atom. The number of rotatable bonds is 7. The Kier molecular flexibility index (Phi) is 6.88. The maximum atomic E-state index is 13.9. The quantitative estimate of drug-likeness (QED) is 0.423. The summed E-state index contributed by atoms with van der Waals surface area (Å²) in [5, 5.41) is 7.94. The Bertz CT molecular complexity index is 990. The third kappa shape index (κ3) is 5.35. The van der Waals surface area contributed by atoms with Crippen LogP contribution in [0.4, 0.5) is 4.39 Å². The molecule has 0 bridgehead atoms. The van der Waals surface area contributed by atoms with Gasteiger partial charge in [0, 0.05) is 49.3 Å². The van der Waals surface area contributed by atoms with Gasteiger partial charge in [-0.1, -0.05) is 24.3 Å². The molecule has 3 rings (SSSR count). The van der Waals surface area contributed by atoms with E-state index >= 15 is 0 Å². The number of hydrogen-bond donors (Lipinski definition) is 3. The van der Waals surface area contributed by atoms with E-state index in [1.54, 1.807) is 7.05 Å². The minimum absolute atomic E-state index is 0.168. The molecule has 0 radical (unpaired) electrons. The minimum atomic E-state index is -0.168. The number of aromatic nitrogens is 1. The number of aromatic amines is 1. The monoisotopic (exact) mass is 395 g/mol. The second-order valence-electron chi connectivity index (χ2n) is 7.58. The highest BCUT2D eigenvalue weighted by Crippen LogP contribution is 2.21. The van der Waals surface area contributed by atoms with E-state index in [-0.39, 0.29) is 5.82 Å². The van der Waals surface area contributed by atoms with Crippen LogP contribution in [0.15, 0.2) is 47.6 Å². The molecular weight excluding hydrogens is 365 g/mol. The van der Waals surface area contributed by atoms with E-state index in [4.69, 9.17) is 0 Å². The average Bonchev–Trinajstić information content (AvgIpc) is 3.11. The van der Waals surface area contributed by atoms with Crippen molar-refractivity contribution in [1.82, 2.24) is 20.5 Å². The predicted molar refractivity (Wildman–Crippen MR) is 119 cm³/mol. The molecule has 0 amide bonds. The maximum Gasteiger partial charge on any atom is 0.191 e. The number of benzene rings is 2. The number of aliphatic imine (C=N–C) groups is 1.